The maximum Gasteiger partial charge on any atom is 0.290 e. The third-order valence-electron chi connectivity index (χ3n) is 5.01. The van der Waals surface area contributed by atoms with Gasteiger partial charge < -0.3 is 4.42 Å². The summed E-state index contributed by atoms with van der Waals surface area (Å²) in [6.07, 6.45) is 2.65. The normalized spacial score (nSPS) is 10.8. The fourth-order valence-electron chi connectivity index (χ4n) is 3.40. The predicted molar refractivity (Wildman–Crippen MR) is 122 cm³/mol. The molecular formula is C24H23N5O4. The van der Waals surface area contributed by atoms with Gasteiger partial charge in [-0.15, -0.1) is 0 Å². The lowest BCUT2D eigenvalue weighted by atomic mass is 10.1. The Bertz CT molecular complexity index is 1340. The van der Waals surface area contributed by atoms with Crippen molar-refractivity contribution >= 4 is 22.6 Å². The van der Waals surface area contributed by atoms with E-state index in [1.807, 2.05) is 37.3 Å². The second-order valence-corrected chi connectivity index (χ2v) is 7.41. The fraction of sp³-hybridized carbons (Fsp3) is 0.208. The van der Waals surface area contributed by atoms with E-state index >= 15 is 0 Å². The van der Waals surface area contributed by atoms with E-state index in [1.165, 1.54) is 4.68 Å². The number of amides is 2. The highest BCUT2D eigenvalue weighted by atomic mass is 16.4. The second kappa shape index (κ2) is 9.90. The second-order valence-electron chi connectivity index (χ2n) is 7.41. The Morgan fingerprint density at radius 1 is 1.00 bits per heavy atom. The van der Waals surface area contributed by atoms with E-state index in [2.05, 4.69) is 20.9 Å². The predicted octanol–water partition coefficient (Wildman–Crippen LogP) is 2.86. The summed E-state index contributed by atoms with van der Waals surface area (Å²) in [6, 6.07) is 16.3. The summed E-state index contributed by atoms with van der Waals surface area (Å²) >= 11 is 0. The lowest BCUT2D eigenvalue weighted by Gasteiger charge is -2.11. The third kappa shape index (κ3) is 4.98. The summed E-state index contributed by atoms with van der Waals surface area (Å²) in [5.74, 6) is 0.0370. The molecule has 2 amide bonds. The van der Waals surface area contributed by atoms with Crippen molar-refractivity contribution in [1.82, 2.24) is 25.6 Å². The zero-order valence-corrected chi connectivity index (χ0v) is 18.1. The smallest absolute Gasteiger partial charge is 0.290 e. The van der Waals surface area contributed by atoms with Gasteiger partial charge in [-0.2, -0.15) is 5.10 Å². The first-order valence-corrected chi connectivity index (χ1v) is 10.7. The molecule has 0 radical (unpaired) electrons. The largest absolute Gasteiger partial charge is 0.441 e. The van der Waals surface area contributed by atoms with Gasteiger partial charge in [-0.3, -0.25) is 25.2 Å². The maximum absolute atomic E-state index is 12.7. The molecule has 0 fully saturated rings. The Morgan fingerprint density at radius 2 is 1.73 bits per heavy atom. The van der Waals surface area contributed by atoms with Crippen LogP contribution in [-0.2, 0) is 17.8 Å². The number of nitrogens with zero attached hydrogens (tertiary/aromatic N) is 3. The van der Waals surface area contributed by atoms with Crippen molar-refractivity contribution < 1.29 is 14.0 Å². The standard InChI is InChI=1S/C24H23N5O4/c1-2-14-29-24(32)18-11-7-6-10-17(18)22(28-29)23(31)27-26-20(30)12-13-21-25-15-19(33-21)16-8-4-3-5-9-16/h3-11,15H,2,12-14H2,1H3,(H,26,30)(H,27,31). The molecule has 9 heteroatoms. The molecule has 0 spiro atoms. The van der Waals surface area contributed by atoms with Crippen molar-refractivity contribution in [3.8, 4) is 11.3 Å². The van der Waals surface area contributed by atoms with Gasteiger partial charge in [0.2, 0.25) is 5.91 Å². The zero-order chi connectivity index (χ0) is 23.2. The third-order valence-corrected chi connectivity index (χ3v) is 5.01. The minimum atomic E-state index is -0.605. The van der Waals surface area contributed by atoms with Gasteiger partial charge in [-0.05, 0) is 12.5 Å². The summed E-state index contributed by atoms with van der Waals surface area (Å²) in [7, 11) is 0. The van der Waals surface area contributed by atoms with Gasteiger partial charge >= 0.3 is 0 Å². The first-order chi connectivity index (χ1) is 16.1. The van der Waals surface area contributed by atoms with Gasteiger partial charge in [0.05, 0.1) is 11.6 Å². The van der Waals surface area contributed by atoms with Crippen LogP contribution in [0.5, 0.6) is 0 Å². The number of fused-ring (bicyclic) bond motifs is 1. The van der Waals surface area contributed by atoms with E-state index in [9.17, 15) is 14.4 Å². The van der Waals surface area contributed by atoms with Crippen molar-refractivity contribution in [2.24, 2.45) is 0 Å². The number of rotatable bonds is 7. The van der Waals surface area contributed by atoms with Crippen LogP contribution in [-0.4, -0.2) is 26.6 Å². The number of hydrazine groups is 1. The van der Waals surface area contributed by atoms with E-state index in [1.54, 1.807) is 30.5 Å². The molecule has 0 atom stereocenters. The van der Waals surface area contributed by atoms with Crippen LogP contribution in [0.25, 0.3) is 22.1 Å². The summed E-state index contributed by atoms with van der Waals surface area (Å²) in [6.45, 7) is 2.30. The van der Waals surface area contributed by atoms with Crippen LogP contribution in [0.1, 0.15) is 36.1 Å². The molecule has 0 unspecified atom stereocenters. The topological polar surface area (TPSA) is 119 Å². The molecular weight excluding hydrogens is 422 g/mol. The first-order valence-electron chi connectivity index (χ1n) is 10.7. The Balaban J connectivity index is 1.39. The summed E-state index contributed by atoms with van der Waals surface area (Å²) in [5, 5.41) is 5.03. The number of aryl methyl sites for hydroxylation is 2. The van der Waals surface area contributed by atoms with Crippen LogP contribution in [0.3, 0.4) is 0 Å². The Morgan fingerprint density at radius 3 is 2.48 bits per heavy atom. The average molecular weight is 445 g/mol. The van der Waals surface area contributed by atoms with Crippen LogP contribution >= 0.6 is 0 Å². The molecule has 2 heterocycles. The monoisotopic (exact) mass is 445 g/mol. The van der Waals surface area contributed by atoms with Gasteiger partial charge in [0, 0.05) is 30.3 Å². The molecule has 2 aromatic carbocycles. The number of carbonyl (C=O) groups is 2. The van der Waals surface area contributed by atoms with E-state index in [0.717, 1.165) is 5.56 Å². The van der Waals surface area contributed by atoms with Gasteiger partial charge in [0.1, 0.15) is 0 Å². The molecule has 2 N–H and O–H groups in total. The maximum atomic E-state index is 12.7. The molecule has 168 valence electrons. The number of hydrogen-bond acceptors (Lipinski definition) is 6. The highest BCUT2D eigenvalue weighted by Gasteiger charge is 2.17. The molecule has 0 aliphatic heterocycles. The van der Waals surface area contributed by atoms with Crippen LogP contribution in [0.4, 0.5) is 0 Å². The summed E-state index contributed by atoms with van der Waals surface area (Å²) in [5.41, 5.74) is 5.48. The highest BCUT2D eigenvalue weighted by molar-refractivity contribution is 6.05. The quantitative estimate of drug-likeness (QED) is 0.422. The van der Waals surface area contributed by atoms with E-state index in [4.69, 9.17) is 4.42 Å². The molecule has 4 aromatic rings. The van der Waals surface area contributed by atoms with Crippen molar-refractivity contribution in [2.45, 2.75) is 32.7 Å². The van der Waals surface area contributed by atoms with Crippen molar-refractivity contribution in [3.63, 3.8) is 0 Å². The average Bonchev–Trinajstić information content (AvgIpc) is 3.33. The lowest BCUT2D eigenvalue weighted by molar-refractivity contribution is -0.121. The van der Waals surface area contributed by atoms with Crippen LogP contribution in [0.2, 0.25) is 0 Å². The lowest BCUT2D eigenvalue weighted by Crippen LogP contribution is -2.43. The van der Waals surface area contributed by atoms with Crippen molar-refractivity contribution in [2.75, 3.05) is 0 Å². The molecule has 0 saturated carbocycles. The van der Waals surface area contributed by atoms with Crippen LogP contribution in [0, 0.1) is 0 Å². The molecule has 2 aromatic heterocycles. The molecule has 0 saturated heterocycles. The van der Waals surface area contributed by atoms with Gasteiger partial charge in [0.25, 0.3) is 11.5 Å². The van der Waals surface area contributed by atoms with Gasteiger partial charge in [0.15, 0.2) is 17.3 Å². The molecule has 0 aliphatic rings. The fourth-order valence-corrected chi connectivity index (χ4v) is 3.40. The number of aromatic nitrogens is 3. The highest BCUT2D eigenvalue weighted by Crippen LogP contribution is 2.20. The van der Waals surface area contributed by atoms with Crippen molar-refractivity contribution in [1.29, 1.82) is 0 Å². The number of carbonyl (C=O) groups excluding carboxylic acids is 2. The Labute approximate surface area is 189 Å². The van der Waals surface area contributed by atoms with E-state index in [-0.39, 0.29) is 24.1 Å². The molecule has 4 rings (SSSR count). The number of nitrogens with one attached hydrogen (secondary N) is 2. The minimum absolute atomic E-state index is 0.0680. The summed E-state index contributed by atoms with van der Waals surface area (Å²) < 4.78 is 6.96. The number of oxazole rings is 1. The van der Waals surface area contributed by atoms with E-state index in [0.29, 0.717) is 35.4 Å². The molecule has 0 aliphatic carbocycles. The zero-order valence-electron chi connectivity index (χ0n) is 18.1. The van der Waals surface area contributed by atoms with Crippen LogP contribution < -0.4 is 16.4 Å². The van der Waals surface area contributed by atoms with Gasteiger partial charge in [-0.25, -0.2) is 9.67 Å². The number of benzene rings is 2. The Kier molecular flexibility index (Phi) is 6.58. The Hall–Kier alpha value is -4.27. The minimum Gasteiger partial charge on any atom is -0.441 e. The first kappa shape index (κ1) is 21.9. The molecule has 9 nitrogen and oxygen atoms in total. The number of hydrogen-bond donors (Lipinski definition) is 2. The molecule has 0 bridgehead atoms. The SMILES string of the molecule is CCCn1nc(C(=O)NNC(=O)CCc2ncc(-c3ccccc3)o2)c2ccccc2c1=O. The molecule has 33 heavy (non-hydrogen) atoms. The van der Waals surface area contributed by atoms with Crippen LogP contribution in [0.15, 0.2) is 70.0 Å². The van der Waals surface area contributed by atoms with Gasteiger partial charge in [-0.1, -0.05) is 55.5 Å². The van der Waals surface area contributed by atoms with E-state index < -0.39 is 11.8 Å². The van der Waals surface area contributed by atoms with Crippen molar-refractivity contribution in [3.05, 3.63) is 82.7 Å². The summed E-state index contributed by atoms with van der Waals surface area (Å²) in [4.78, 5) is 41.7.